The summed E-state index contributed by atoms with van der Waals surface area (Å²) in [5, 5.41) is 7.05. The number of nitrogens with zero attached hydrogens (tertiary/aromatic N) is 3. The Kier molecular flexibility index (Phi) is 4.50. The first kappa shape index (κ1) is 16.2. The Balaban J connectivity index is 1.62. The highest BCUT2D eigenvalue weighted by Crippen LogP contribution is 2.27. The van der Waals surface area contributed by atoms with Crippen LogP contribution in [0.15, 0.2) is 30.5 Å². The number of H-pyrrole nitrogens is 1. The molecule has 0 saturated carbocycles. The van der Waals surface area contributed by atoms with Gasteiger partial charge in [-0.15, -0.1) is 0 Å². The minimum atomic E-state index is -0.479. The number of halogens is 1. The fraction of sp³-hybridized carbons (Fsp3) is 0.444. The van der Waals surface area contributed by atoms with Gasteiger partial charge in [0.15, 0.2) is 0 Å². The molecule has 25 heavy (non-hydrogen) atoms. The molecule has 1 amide bonds. The lowest BCUT2D eigenvalue weighted by atomic mass is 10.0. The maximum Gasteiger partial charge on any atom is 0.244 e. The van der Waals surface area contributed by atoms with Gasteiger partial charge in [0.1, 0.15) is 11.9 Å². The van der Waals surface area contributed by atoms with Crippen LogP contribution in [0.2, 0.25) is 0 Å². The van der Waals surface area contributed by atoms with E-state index in [-0.39, 0.29) is 11.7 Å². The van der Waals surface area contributed by atoms with Gasteiger partial charge in [0, 0.05) is 43.9 Å². The number of benzene rings is 1. The van der Waals surface area contributed by atoms with Crippen molar-refractivity contribution in [2.24, 2.45) is 0 Å². The molecular formula is C18H21FN4O2. The number of aromatic nitrogens is 2. The molecule has 1 aromatic heterocycles. The Bertz CT molecular complexity index is 757. The number of carbonyl (C=O) groups excluding carboxylic acids is 1. The number of fused-ring (bicyclic) bond motifs is 1. The van der Waals surface area contributed by atoms with E-state index >= 15 is 0 Å². The van der Waals surface area contributed by atoms with Gasteiger partial charge in [0.25, 0.3) is 0 Å². The zero-order valence-corrected chi connectivity index (χ0v) is 13.9. The third-order valence-electron chi connectivity index (χ3n) is 4.92. The van der Waals surface area contributed by atoms with Crippen LogP contribution in [0.1, 0.15) is 22.9 Å². The number of carbonyl (C=O) groups is 1. The Hall–Kier alpha value is -2.25. The Labute approximate surface area is 145 Å². The topological polar surface area (TPSA) is 61.5 Å². The smallest absolute Gasteiger partial charge is 0.244 e. The van der Waals surface area contributed by atoms with Gasteiger partial charge in [0.05, 0.1) is 19.4 Å². The van der Waals surface area contributed by atoms with Crippen LogP contribution in [-0.4, -0.2) is 58.8 Å². The molecule has 132 valence electrons. The predicted molar refractivity (Wildman–Crippen MR) is 89.2 cm³/mol. The van der Waals surface area contributed by atoms with E-state index in [0.717, 1.165) is 17.7 Å². The molecule has 7 heteroatoms. The van der Waals surface area contributed by atoms with Crippen molar-refractivity contribution in [1.82, 2.24) is 20.0 Å². The zero-order valence-electron chi connectivity index (χ0n) is 13.9. The molecular weight excluding hydrogens is 323 g/mol. The molecule has 1 fully saturated rings. The molecule has 2 aromatic rings. The van der Waals surface area contributed by atoms with E-state index in [1.165, 1.54) is 12.1 Å². The highest BCUT2D eigenvalue weighted by Gasteiger charge is 2.34. The van der Waals surface area contributed by atoms with Crippen molar-refractivity contribution >= 4 is 5.91 Å². The second kappa shape index (κ2) is 6.93. The Morgan fingerprint density at radius 2 is 2.12 bits per heavy atom. The fourth-order valence-electron chi connectivity index (χ4n) is 3.60. The zero-order chi connectivity index (χ0) is 17.2. The van der Waals surface area contributed by atoms with Crippen LogP contribution in [0, 0.1) is 5.82 Å². The summed E-state index contributed by atoms with van der Waals surface area (Å²) in [6.45, 7) is 3.69. The minimum Gasteiger partial charge on any atom is -0.379 e. The first-order chi connectivity index (χ1) is 12.2. The molecule has 2 aliphatic heterocycles. The van der Waals surface area contributed by atoms with Gasteiger partial charge in [-0.2, -0.15) is 5.10 Å². The summed E-state index contributed by atoms with van der Waals surface area (Å²) < 4.78 is 19.2. The van der Waals surface area contributed by atoms with Gasteiger partial charge >= 0.3 is 0 Å². The van der Waals surface area contributed by atoms with Crippen LogP contribution in [0.4, 0.5) is 4.39 Å². The van der Waals surface area contributed by atoms with E-state index in [0.29, 0.717) is 45.0 Å². The highest BCUT2D eigenvalue weighted by molar-refractivity contribution is 5.83. The number of nitrogens with one attached hydrogen (secondary N) is 1. The van der Waals surface area contributed by atoms with Crippen molar-refractivity contribution in [3.63, 3.8) is 0 Å². The Morgan fingerprint density at radius 3 is 2.92 bits per heavy atom. The second-order valence-corrected chi connectivity index (χ2v) is 6.49. The molecule has 1 unspecified atom stereocenters. The van der Waals surface area contributed by atoms with Crippen LogP contribution in [0.5, 0.6) is 0 Å². The van der Waals surface area contributed by atoms with Crippen molar-refractivity contribution < 1.29 is 13.9 Å². The summed E-state index contributed by atoms with van der Waals surface area (Å²) in [7, 11) is 0. The summed E-state index contributed by atoms with van der Waals surface area (Å²) in [4.78, 5) is 17.3. The molecule has 1 N–H and O–H groups in total. The standard InChI is InChI=1S/C18H21FN4O2/c19-15-3-1-2-13(10-15)17(22-6-8-25-9-7-22)18(24)23-5-4-16-14(12-23)11-20-21-16/h1-3,10-11,17H,4-9,12H2,(H,20,21). The summed E-state index contributed by atoms with van der Waals surface area (Å²) in [6.07, 6.45) is 2.54. The molecule has 4 rings (SSSR count). The maximum atomic E-state index is 13.8. The highest BCUT2D eigenvalue weighted by atomic mass is 19.1. The van der Waals surface area contributed by atoms with Crippen molar-refractivity contribution in [2.45, 2.75) is 19.0 Å². The molecule has 0 aliphatic carbocycles. The summed E-state index contributed by atoms with van der Waals surface area (Å²) in [5.41, 5.74) is 2.85. The molecule has 1 saturated heterocycles. The monoisotopic (exact) mass is 344 g/mol. The normalized spacial score (nSPS) is 19.5. The van der Waals surface area contributed by atoms with Gasteiger partial charge < -0.3 is 9.64 Å². The molecule has 2 aliphatic rings. The lowest BCUT2D eigenvalue weighted by Gasteiger charge is -2.37. The van der Waals surface area contributed by atoms with E-state index in [1.807, 2.05) is 11.0 Å². The van der Waals surface area contributed by atoms with Crippen LogP contribution in [0.3, 0.4) is 0 Å². The van der Waals surface area contributed by atoms with Crippen molar-refractivity contribution in [3.8, 4) is 0 Å². The number of morpholine rings is 1. The van der Waals surface area contributed by atoms with Gasteiger partial charge in [-0.1, -0.05) is 12.1 Å². The quantitative estimate of drug-likeness (QED) is 0.917. The lowest BCUT2D eigenvalue weighted by Crippen LogP contribution is -2.48. The number of ether oxygens (including phenoxy) is 1. The van der Waals surface area contributed by atoms with E-state index in [2.05, 4.69) is 15.1 Å². The minimum absolute atomic E-state index is 0.0133. The number of aromatic amines is 1. The van der Waals surface area contributed by atoms with Crippen molar-refractivity contribution in [2.75, 3.05) is 32.8 Å². The fourth-order valence-corrected chi connectivity index (χ4v) is 3.60. The van der Waals surface area contributed by atoms with E-state index in [9.17, 15) is 9.18 Å². The first-order valence-electron chi connectivity index (χ1n) is 8.59. The van der Waals surface area contributed by atoms with Gasteiger partial charge in [-0.25, -0.2) is 4.39 Å². The van der Waals surface area contributed by atoms with Crippen LogP contribution < -0.4 is 0 Å². The average Bonchev–Trinajstić information content (AvgIpc) is 3.10. The molecule has 0 bridgehead atoms. The van der Waals surface area contributed by atoms with Crippen molar-refractivity contribution in [1.29, 1.82) is 0 Å². The van der Waals surface area contributed by atoms with Crippen LogP contribution in [-0.2, 0) is 22.5 Å². The molecule has 0 radical (unpaired) electrons. The largest absolute Gasteiger partial charge is 0.379 e. The second-order valence-electron chi connectivity index (χ2n) is 6.49. The number of amides is 1. The number of hydrogen-bond acceptors (Lipinski definition) is 4. The Morgan fingerprint density at radius 1 is 1.28 bits per heavy atom. The van der Waals surface area contributed by atoms with Gasteiger partial charge in [-0.3, -0.25) is 14.8 Å². The molecule has 3 heterocycles. The molecule has 1 aromatic carbocycles. The summed E-state index contributed by atoms with van der Waals surface area (Å²) >= 11 is 0. The predicted octanol–water partition coefficient (Wildman–Crippen LogP) is 1.51. The maximum absolute atomic E-state index is 13.8. The van der Waals surface area contributed by atoms with E-state index in [4.69, 9.17) is 4.74 Å². The SMILES string of the molecule is O=C(C(c1cccc(F)c1)N1CCOCC1)N1CCc2[nH]ncc2C1. The third-order valence-corrected chi connectivity index (χ3v) is 4.92. The third kappa shape index (κ3) is 3.29. The first-order valence-corrected chi connectivity index (χ1v) is 8.59. The van der Waals surface area contributed by atoms with Crippen molar-refractivity contribution in [3.05, 3.63) is 53.1 Å². The average molecular weight is 344 g/mol. The lowest BCUT2D eigenvalue weighted by molar-refractivity contribution is -0.140. The molecule has 6 nitrogen and oxygen atoms in total. The van der Waals surface area contributed by atoms with Crippen LogP contribution >= 0.6 is 0 Å². The molecule has 1 atom stereocenters. The summed E-state index contributed by atoms with van der Waals surface area (Å²) in [5.74, 6) is -0.307. The molecule has 0 spiro atoms. The van der Waals surface area contributed by atoms with Gasteiger partial charge in [-0.05, 0) is 17.7 Å². The van der Waals surface area contributed by atoms with E-state index in [1.54, 1.807) is 12.3 Å². The number of rotatable bonds is 3. The van der Waals surface area contributed by atoms with E-state index < -0.39 is 6.04 Å². The summed E-state index contributed by atoms with van der Waals surface area (Å²) in [6, 6.07) is 5.88. The number of hydrogen-bond donors (Lipinski definition) is 1. The van der Waals surface area contributed by atoms with Gasteiger partial charge in [0.2, 0.25) is 5.91 Å². The van der Waals surface area contributed by atoms with Crippen LogP contribution in [0.25, 0.3) is 0 Å².